The van der Waals surface area contributed by atoms with Gasteiger partial charge in [0.15, 0.2) is 0 Å². The van der Waals surface area contributed by atoms with Crippen molar-refractivity contribution in [2.45, 2.75) is 13.0 Å². The number of hydrogen-bond donors (Lipinski definition) is 1. The van der Waals surface area contributed by atoms with Gasteiger partial charge >= 0.3 is 5.97 Å². The number of sulfonamides is 1. The number of benzene rings is 1. The number of rotatable bonds is 3. The van der Waals surface area contributed by atoms with Crippen LogP contribution in [-0.4, -0.2) is 36.1 Å². The molecule has 0 radical (unpaired) electrons. The number of nitrogens with zero attached hydrogens (tertiary/aromatic N) is 1. The fourth-order valence-electron chi connectivity index (χ4n) is 1.91. The van der Waals surface area contributed by atoms with Gasteiger partial charge in [0.05, 0.1) is 11.3 Å². The van der Waals surface area contributed by atoms with Crippen LogP contribution in [0.25, 0.3) is 0 Å². The Morgan fingerprint density at radius 3 is 2.72 bits per heavy atom. The smallest absolute Gasteiger partial charge is 0.338 e. The standard InChI is InChI=1S/C11H12FNO4S/c12-10-3-2-8(6-9(10)11(14)15)7-13-4-1-5-18(13,16)17/h2-3,6H,1,4-5,7H2,(H,14,15). The van der Waals surface area contributed by atoms with Gasteiger partial charge in [-0.1, -0.05) is 6.07 Å². The normalized spacial score (nSPS) is 18.9. The van der Waals surface area contributed by atoms with Crippen LogP contribution in [0.5, 0.6) is 0 Å². The first kappa shape index (κ1) is 13.0. The lowest BCUT2D eigenvalue weighted by Crippen LogP contribution is -2.25. The predicted octanol–water partition coefficient (Wildman–Crippen LogP) is 1.06. The second-order valence-electron chi connectivity index (χ2n) is 4.12. The van der Waals surface area contributed by atoms with Gasteiger partial charge in [-0.15, -0.1) is 0 Å². The van der Waals surface area contributed by atoms with Crippen LogP contribution in [0.2, 0.25) is 0 Å². The molecule has 0 atom stereocenters. The summed E-state index contributed by atoms with van der Waals surface area (Å²) in [7, 11) is -3.24. The van der Waals surface area contributed by atoms with Gasteiger partial charge in [-0.25, -0.2) is 17.6 Å². The molecule has 0 unspecified atom stereocenters. The lowest BCUT2D eigenvalue weighted by Gasteiger charge is -2.14. The maximum atomic E-state index is 13.2. The molecule has 1 aromatic rings. The van der Waals surface area contributed by atoms with Crippen molar-refractivity contribution in [1.82, 2.24) is 4.31 Å². The molecule has 1 aromatic carbocycles. The van der Waals surface area contributed by atoms with Gasteiger partial charge in [0.25, 0.3) is 0 Å². The molecule has 1 N–H and O–H groups in total. The minimum absolute atomic E-state index is 0.0862. The molecule has 18 heavy (non-hydrogen) atoms. The third kappa shape index (κ3) is 2.51. The van der Waals surface area contributed by atoms with Crippen LogP contribution in [0.4, 0.5) is 4.39 Å². The predicted molar refractivity (Wildman–Crippen MR) is 62.2 cm³/mol. The maximum absolute atomic E-state index is 13.2. The molecule has 5 nitrogen and oxygen atoms in total. The second-order valence-corrected chi connectivity index (χ2v) is 6.21. The number of carbonyl (C=O) groups is 1. The molecule has 1 aliphatic heterocycles. The molecule has 0 bridgehead atoms. The van der Waals surface area contributed by atoms with Crippen LogP contribution in [0, 0.1) is 5.82 Å². The topological polar surface area (TPSA) is 74.7 Å². The zero-order valence-electron chi connectivity index (χ0n) is 9.47. The van der Waals surface area contributed by atoms with Crippen LogP contribution < -0.4 is 0 Å². The van der Waals surface area contributed by atoms with Gasteiger partial charge in [-0.05, 0) is 24.1 Å². The van der Waals surface area contributed by atoms with E-state index in [4.69, 9.17) is 5.11 Å². The SMILES string of the molecule is O=C(O)c1cc(CN2CCCS2(=O)=O)ccc1F. The Kier molecular flexibility index (Phi) is 3.36. The molecule has 0 spiro atoms. The number of aromatic carboxylic acids is 1. The minimum Gasteiger partial charge on any atom is -0.478 e. The van der Waals surface area contributed by atoms with Crippen molar-refractivity contribution >= 4 is 16.0 Å². The number of carboxylic acid groups (broad SMARTS) is 1. The Labute approximate surface area is 104 Å². The lowest BCUT2D eigenvalue weighted by molar-refractivity contribution is 0.0691. The van der Waals surface area contributed by atoms with Crippen molar-refractivity contribution in [1.29, 1.82) is 0 Å². The number of hydrogen-bond acceptors (Lipinski definition) is 3. The molecule has 1 fully saturated rings. The summed E-state index contributed by atoms with van der Waals surface area (Å²) < 4.78 is 37.6. The van der Waals surface area contributed by atoms with E-state index in [0.29, 0.717) is 18.5 Å². The first-order valence-corrected chi connectivity index (χ1v) is 7.00. The molecule has 2 rings (SSSR count). The second kappa shape index (κ2) is 4.66. The van der Waals surface area contributed by atoms with Crippen molar-refractivity contribution < 1.29 is 22.7 Å². The highest BCUT2D eigenvalue weighted by molar-refractivity contribution is 7.89. The average Bonchev–Trinajstić information content (AvgIpc) is 2.60. The highest BCUT2D eigenvalue weighted by Crippen LogP contribution is 2.19. The summed E-state index contributed by atoms with van der Waals surface area (Å²) in [6.45, 7) is 0.505. The molecule has 0 saturated carbocycles. The molecule has 1 saturated heterocycles. The Morgan fingerprint density at radius 1 is 1.44 bits per heavy atom. The van der Waals surface area contributed by atoms with Crippen molar-refractivity contribution in [3.8, 4) is 0 Å². The van der Waals surface area contributed by atoms with Crippen molar-refractivity contribution in [2.75, 3.05) is 12.3 Å². The van der Waals surface area contributed by atoms with E-state index in [1.54, 1.807) is 0 Å². The lowest BCUT2D eigenvalue weighted by atomic mass is 10.1. The van der Waals surface area contributed by atoms with Crippen LogP contribution in [-0.2, 0) is 16.6 Å². The average molecular weight is 273 g/mol. The van der Waals surface area contributed by atoms with Gasteiger partial charge in [0.1, 0.15) is 5.82 Å². The van der Waals surface area contributed by atoms with E-state index < -0.39 is 27.4 Å². The monoisotopic (exact) mass is 273 g/mol. The molecule has 0 aliphatic carbocycles. The van der Waals surface area contributed by atoms with E-state index in [-0.39, 0.29) is 12.3 Å². The van der Waals surface area contributed by atoms with Crippen LogP contribution in [0.1, 0.15) is 22.3 Å². The zero-order valence-corrected chi connectivity index (χ0v) is 10.3. The largest absolute Gasteiger partial charge is 0.478 e. The van der Waals surface area contributed by atoms with E-state index >= 15 is 0 Å². The van der Waals surface area contributed by atoms with Crippen molar-refractivity contribution in [3.63, 3.8) is 0 Å². The van der Waals surface area contributed by atoms with Crippen molar-refractivity contribution in [2.24, 2.45) is 0 Å². The minimum atomic E-state index is -3.24. The van der Waals surface area contributed by atoms with Crippen LogP contribution in [0.3, 0.4) is 0 Å². The summed E-state index contributed by atoms with van der Waals surface area (Å²) in [5.74, 6) is -2.07. The van der Waals surface area contributed by atoms with Crippen LogP contribution in [0.15, 0.2) is 18.2 Å². The van der Waals surface area contributed by atoms with Crippen molar-refractivity contribution in [3.05, 3.63) is 35.1 Å². The Bertz CT molecular complexity index is 585. The third-order valence-corrected chi connectivity index (χ3v) is 4.73. The van der Waals surface area contributed by atoms with E-state index in [0.717, 1.165) is 6.07 Å². The zero-order chi connectivity index (χ0) is 13.3. The van der Waals surface area contributed by atoms with E-state index in [1.165, 1.54) is 16.4 Å². The molecule has 0 amide bonds. The van der Waals surface area contributed by atoms with Gasteiger partial charge in [0, 0.05) is 13.1 Å². The first-order chi connectivity index (χ1) is 8.40. The third-order valence-electron chi connectivity index (χ3n) is 2.82. The molecule has 7 heteroatoms. The Hall–Kier alpha value is -1.47. The van der Waals surface area contributed by atoms with Gasteiger partial charge < -0.3 is 5.11 Å². The molecular weight excluding hydrogens is 261 g/mol. The first-order valence-electron chi connectivity index (χ1n) is 5.40. The maximum Gasteiger partial charge on any atom is 0.338 e. The summed E-state index contributed by atoms with van der Waals surface area (Å²) in [5, 5.41) is 8.78. The highest BCUT2D eigenvalue weighted by Gasteiger charge is 2.28. The van der Waals surface area contributed by atoms with E-state index in [1.807, 2.05) is 0 Å². The molecular formula is C11H12FNO4S. The van der Waals surface area contributed by atoms with E-state index in [2.05, 4.69) is 0 Å². The number of carboxylic acids is 1. The summed E-state index contributed by atoms with van der Waals surface area (Å²) in [5.41, 5.74) is 0.0309. The summed E-state index contributed by atoms with van der Waals surface area (Å²) in [4.78, 5) is 10.8. The quantitative estimate of drug-likeness (QED) is 0.893. The highest BCUT2D eigenvalue weighted by atomic mass is 32.2. The van der Waals surface area contributed by atoms with Gasteiger partial charge in [0.2, 0.25) is 10.0 Å². The fourth-order valence-corrected chi connectivity index (χ4v) is 3.41. The summed E-state index contributed by atoms with van der Waals surface area (Å²) in [6, 6.07) is 3.61. The van der Waals surface area contributed by atoms with E-state index in [9.17, 15) is 17.6 Å². The summed E-state index contributed by atoms with van der Waals surface area (Å²) in [6.07, 6.45) is 0.565. The van der Waals surface area contributed by atoms with Crippen LogP contribution >= 0.6 is 0 Å². The Morgan fingerprint density at radius 2 is 2.17 bits per heavy atom. The molecule has 98 valence electrons. The fraction of sp³-hybridized carbons (Fsp3) is 0.364. The van der Waals surface area contributed by atoms with Gasteiger partial charge in [-0.3, -0.25) is 0 Å². The van der Waals surface area contributed by atoms with Gasteiger partial charge in [-0.2, -0.15) is 4.31 Å². The molecule has 1 heterocycles. The summed E-state index contributed by atoms with van der Waals surface area (Å²) >= 11 is 0. The Balaban J connectivity index is 2.25. The molecule has 0 aromatic heterocycles. The number of halogens is 1. The molecule has 1 aliphatic rings.